The molecule has 1 saturated heterocycles. The molecule has 0 saturated carbocycles. The van der Waals surface area contributed by atoms with Crippen LogP contribution in [0.5, 0.6) is 0 Å². The summed E-state index contributed by atoms with van der Waals surface area (Å²) in [7, 11) is 0. The summed E-state index contributed by atoms with van der Waals surface area (Å²) in [6.45, 7) is 2.53. The number of hydrogen-bond donors (Lipinski definition) is 1. The second-order valence-electron chi connectivity index (χ2n) is 4.04. The van der Waals surface area contributed by atoms with E-state index in [9.17, 15) is 0 Å². The Labute approximate surface area is 101 Å². The molecule has 1 aromatic carbocycles. The first-order valence-electron chi connectivity index (χ1n) is 5.70. The predicted molar refractivity (Wildman–Crippen MR) is 65.4 cm³/mol. The average molecular weight is 226 g/mol. The molecule has 1 atom stereocenters. The normalized spacial score (nSPS) is 19.4. The van der Waals surface area contributed by atoms with E-state index >= 15 is 0 Å². The summed E-state index contributed by atoms with van der Waals surface area (Å²) in [6, 6.07) is 12.1. The minimum absolute atomic E-state index is 0.156. The number of nitrogens with zero attached hydrogens (tertiary/aromatic N) is 3. The Morgan fingerprint density at radius 3 is 2.94 bits per heavy atom. The van der Waals surface area contributed by atoms with Crippen molar-refractivity contribution in [3.8, 4) is 12.1 Å². The van der Waals surface area contributed by atoms with Gasteiger partial charge in [-0.05, 0) is 12.1 Å². The van der Waals surface area contributed by atoms with Gasteiger partial charge in [0, 0.05) is 19.6 Å². The van der Waals surface area contributed by atoms with Crippen molar-refractivity contribution in [2.75, 3.05) is 24.5 Å². The fourth-order valence-corrected chi connectivity index (χ4v) is 2.18. The first-order chi connectivity index (χ1) is 8.36. The standard InChI is InChI=1S/C13H14N4/c14-6-5-12-10-16-7-8-17(12)13-4-2-1-3-11(13)9-15/h1-4,12,16H,5,7-8,10H2. The fraction of sp³-hybridized carbons (Fsp3) is 0.385. The van der Waals surface area contributed by atoms with Gasteiger partial charge in [0.05, 0.1) is 29.8 Å². The lowest BCUT2D eigenvalue weighted by molar-refractivity contribution is 0.481. The van der Waals surface area contributed by atoms with E-state index in [1.807, 2.05) is 24.3 Å². The van der Waals surface area contributed by atoms with Crippen molar-refractivity contribution in [1.82, 2.24) is 5.32 Å². The van der Waals surface area contributed by atoms with Crippen LogP contribution in [0.1, 0.15) is 12.0 Å². The van der Waals surface area contributed by atoms with Crippen molar-refractivity contribution in [2.24, 2.45) is 0 Å². The maximum absolute atomic E-state index is 9.11. The summed E-state index contributed by atoms with van der Waals surface area (Å²) < 4.78 is 0. The van der Waals surface area contributed by atoms with E-state index in [-0.39, 0.29) is 6.04 Å². The van der Waals surface area contributed by atoms with Gasteiger partial charge in [0.25, 0.3) is 0 Å². The third-order valence-corrected chi connectivity index (χ3v) is 3.01. The second kappa shape index (κ2) is 5.34. The summed E-state index contributed by atoms with van der Waals surface area (Å²) >= 11 is 0. The van der Waals surface area contributed by atoms with Gasteiger partial charge in [0.1, 0.15) is 6.07 Å². The number of nitriles is 2. The van der Waals surface area contributed by atoms with Crippen LogP contribution in [0.15, 0.2) is 24.3 Å². The molecule has 4 nitrogen and oxygen atoms in total. The Hall–Kier alpha value is -2.04. The molecular weight excluding hydrogens is 212 g/mol. The Kier molecular flexibility index (Phi) is 3.59. The summed E-state index contributed by atoms with van der Waals surface area (Å²) in [4.78, 5) is 2.16. The lowest BCUT2D eigenvalue weighted by atomic mass is 10.1. The van der Waals surface area contributed by atoms with Gasteiger partial charge in [-0.15, -0.1) is 0 Å². The smallest absolute Gasteiger partial charge is 0.101 e. The third-order valence-electron chi connectivity index (χ3n) is 3.01. The van der Waals surface area contributed by atoms with E-state index in [0.29, 0.717) is 12.0 Å². The highest BCUT2D eigenvalue weighted by Gasteiger charge is 2.23. The van der Waals surface area contributed by atoms with E-state index in [1.165, 1.54) is 0 Å². The van der Waals surface area contributed by atoms with Crippen molar-refractivity contribution >= 4 is 5.69 Å². The molecule has 86 valence electrons. The molecule has 1 N–H and O–H groups in total. The number of rotatable bonds is 2. The van der Waals surface area contributed by atoms with E-state index in [2.05, 4.69) is 22.4 Å². The second-order valence-corrected chi connectivity index (χ2v) is 4.04. The third kappa shape index (κ3) is 2.38. The molecule has 1 unspecified atom stereocenters. The Balaban J connectivity index is 2.30. The van der Waals surface area contributed by atoms with E-state index < -0.39 is 0 Å². The largest absolute Gasteiger partial charge is 0.364 e. The highest BCUT2D eigenvalue weighted by atomic mass is 15.2. The lowest BCUT2D eigenvalue weighted by Crippen LogP contribution is -2.51. The molecule has 0 amide bonds. The van der Waals surface area contributed by atoms with E-state index in [4.69, 9.17) is 10.5 Å². The number of benzene rings is 1. The van der Waals surface area contributed by atoms with Gasteiger partial charge >= 0.3 is 0 Å². The molecular formula is C13H14N4. The SMILES string of the molecule is N#CCC1CNCCN1c1ccccc1C#N. The molecule has 0 aliphatic carbocycles. The quantitative estimate of drug-likeness (QED) is 0.824. The molecule has 17 heavy (non-hydrogen) atoms. The van der Waals surface area contributed by atoms with Gasteiger partial charge in [-0.3, -0.25) is 0 Å². The van der Waals surface area contributed by atoms with Crippen molar-refractivity contribution in [3.63, 3.8) is 0 Å². The molecule has 1 aliphatic rings. The van der Waals surface area contributed by atoms with Gasteiger partial charge in [-0.25, -0.2) is 0 Å². The van der Waals surface area contributed by atoms with Crippen LogP contribution in [0.2, 0.25) is 0 Å². The van der Waals surface area contributed by atoms with Crippen LogP contribution >= 0.6 is 0 Å². The van der Waals surface area contributed by atoms with Crippen LogP contribution in [0.4, 0.5) is 5.69 Å². The van der Waals surface area contributed by atoms with Crippen molar-refractivity contribution < 1.29 is 0 Å². The van der Waals surface area contributed by atoms with Crippen LogP contribution in [0, 0.1) is 22.7 Å². The fourth-order valence-electron chi connectivity index (χ4n) is 2.18. The molecule has 1 aliphatic heterocycles. The Bertz CT molecular complexity index is 469. The highest BCUT2D eigenvalue weighted by molar-refractivity contribution is 5.60. The topological polar surface area (TPSA) is 62.9 Å². The van der Waals surface area contributed by atoms with Gasteiger partial charge in [0.2, 0.25) is 0 Å². The molecule has 4 heteroatoms. The zero-order valence-corrected chi connectivity index (χ0v) is 9.56. The zero-order valence-electron chi connectivity index (χ0n) is 9.56. The summed E-state index contributed by atoms with van der Waals surface area (Å²) in [5.74, 6) is 0. The van der Waals surface area contributed by atoms with Crippen molar-refractivity contribution in [1.29, 1.82) is 10.5 Å². The maximum atomic E-state index is 9.11. The van der Waals surface area contributed by atoms with E-state index in [1.54, 1.807) is 0 Å². The predicted octanol–water partition coefficient (Wildman–Crippen LogP) is 1.25. The summed E-state index contributed by atoms with van der Waals surface area (Å²) in [5, 5.41) is 21.2. The van der Waals surface area contributed by atoms with Crippen molar-refractivity contribution in [2.45, 2.75) is 12.5 Å². The first kappa shape index (κ1) is 11.4. The maximum Gasteiger partial charge on any atom is 0.101 e. The van der Waals surface area contributed by atoms with Crippen LogP contribution in [-0.2, 0) is 0 Å². The minimum Gasteiger partial charge on any atom is -0.364 e. The Morgan fingerprint density at radius 2 is 2.18 bits per heavy atom. The minimum atomic E-state index is 0.156. The first-order valence-corrected chi connectivity index (χ1v) is 5.70. The average Bonchev–Trinajstić information content (AvgIpc) is 2.40. The molecule has 0 bridgehead atoms. The molecule has 1 aromatic rings. The van der Waals surface area contributed by atoms with Gasteiger partial charge in [-0.1, -0.05) is 12.1 Å². The highest BCUT2D eigenvalue weighted by Crippen LogP contribution is 2.23. The Morgan fingerprint density at radius 1 is 1.35 bits per heavy atom. The molecule has 1 heterocycles. The molecule has 0 spiro atoms. The van der Waals surface area contributed by atoms with Gasteiger partial charge < -0.3 is 10.2 Å². The lowest BCUT2D eigenvalue weighted by Gasteiger charge is -2.37. The number of para-hydroxylation sites is 1. The summed E-state index contributed by atoms with van der Waals surface area (Å²) in [5.41, 5.74) is 1.62. The van der Waals surface area contributed by atoms with Gasteiger partial charge in [-0.2, -0.15) is 10.5 Å². The monoisotopic (exact) mass is 226 g/mol. The number of nitrogens with one attached hydrogen (secondary N) is 1. The molecule has 0 aromatic heterocycles. The molecule has 0 radical (unpaired) electrons. The van der Waals surface area contributed by atoms with Crippen LogP contribution in [-0.4, -0.2) is 25.7 Å². The number of hydrogen-bond acceptors (Lipinski definition) is 4. The van der Waals surface area contributed by atoms with Crippen LogP contribution in [0.25, 0.3) is 0 Å². The number of piperazine rings is 1. The molecule has 1 fully saturated rings. The molecule has 2 rings (SSSR count). The van der Waals surface area contributed by atoms with Crippen LogP contribution in [0.3, 0.4) is 0 Å². The van der Waals surface area contributed by atoms with Crippen molar-refractivity contribution in [3.05, 3.63) is 29.8 Å². The summed E-state index contributed by atoms with van der Waals surface area (Å²) in [6.07, 6.45) is 0.479. The van der Waals surface area contributed by atoms with Crippen LogP contribution < -0.4 is 10.2 Å². The van der Waals surface area contributed by atoms with E-state index in [0.717, 1.165) is 25.3 Å². The number of anilines is 1. The zero-order chi connectivity index (χ0) is 12.1. The van der Waals surface area contributed by atoms with Gasteiger partial charge in [0.15, 0.2) is 0 Å².